The smallest absolute Gasteiger partial charge is 0.306 e. The van der Waals surface area contributed by atoms with E-state index in [1.165, 1.54) is 103 Å². The number of carboxylic acid groups (broad SMARTS) is 1. The summed E-state index contributed by atoms with van der Waals surface area (Å²) in [6, 6.07) is -0.738. The van der Waals surface area contributed by atoms with Gasteiger partial charge in [-0.25, -0.2) is 0 Å². The van der Waals surface area contributed by atoms with Crippen LogP contribution in [0.1, 0.15) is 219 Å². The van der Waals surface area contributed by atoms with E-state index in [9.17, 15) is 19.5 Å². The Kier molecular flexibility index (Phi) is 46.4. The van der Waals surface area contributed by atoms with Crippen molar-refractivity contribution in [2.45, 2.75) is 231 Å². The number of likely N-dealkylation sites (N-methyl/N-ethyl adjacent to an activating group) is 1. The number of hydrogen-bond donors (Lipinski definition) is 0. The number of aliphatic carboxylic acids is 1. The molecule has 0 spiro atoms. The molecule has 0 aliphatic carbocycles. The zero-order valence-electron chi connectivity index (χ0n) is 43.8. The summed E-state index contributed by atoms with van der Waals surface area (Å²) in [6.45, 7) is 4.52. The maximum absolute atomic E-state index is 12.8. The maximum Gasteiger partial charge on any atom is 0.306 e. The number of ether oxygens (including phenoxy) is 3. The predicted molar refractivity (Wildman–Crippen MR) is 282 cm³/mol. The van der Waals surface area contributed by atoms with Gasteiger partial charge in [-0.2, -0.15) is 0 Å². The quantitative estimate of drug-likeness (QED) is 0.0259. The van der Waals surface area contributed by atoms with Crippen molar-refractivity contribution in [2.75, 3.05) is 41.0 Å². The normalized spacial score (nSPS) is 13.5. The van der Waals surface area contributed by atoms with Crippen LogP contribution in [0.4, 0.5) is 0 Å². The molecule has 0 rings (SSSR count). The number of nitrogens with zero attached hydrogens (tertiary/aromatic N) is 1. The fourth-order valence-corrected chi connectivity index (χ4v) is 7.60. The highest BCUT2D eigenvalue weighted by molar-refractivity contribution is 5.70. The van der Waals surface area contributed by atoms with Crippen molar-refractivity contribution in [3.8, 4) is 0 Å². The summed E-state index contributed by atoms with van der Waals surface area (Å²) >= 11 is 0. The Morgan fingerprint density at radius 1 is 0.463 bits per heavy atom. The molecule has 67 heavy (non-hydrogen) atoms. The van der Waals surface area contributed by atoms with Gasteiger partial charge in [-0.05, 0) is 89.9 Å². The van der Waals surface area contributed by atoms with E-state index >= 15 is 0 Å². The number of carboxylic acids is 1. The number of carbonyl (C=O) groups excluding carboxylic acids is 3. The van der Waals surface area contributed by atoms with Crippen molar-refractivity contribution in [2.24, 2.45) is 0 Å². The van der Waals surface area contributed by atoms with Gasteiger partial charge in [0.2, 0.25) is 0 Å². The first kappa shape index (κ1) is 63.5. The van der Waals surface area contributed by atoms with Crippen molar-refractivity contribution in [1.82, 2.24) is 0 Å². The van der Waals surface area contributed by atoms with Crippen molar-refractivity contribution in [1.29, 1.82) is 0 Å². The Labute approximate surface area is 412 Å². The van der Waals surface area contributed by atoms with Crippen LogP contribution in [0, 0.1) is 0 Å². The fraction of sp³-hybridized carbons (Fsp3) is 0.712. The SMILES string of the molecule is CC/C=C/C/C=C/C/C=C/C/C=C/C/C=C/C/C=C/CCCCCC(=O)OC(COCCC(C(=O)[O-])[N+](C)(C)C)COC(=O)CCCCCCCCC/C=C/CCCCCCCCCCCC. The molecule has 0 aliphatic heterocycles. The highest BCUT2D eigenvalue weighted by atomic mass is 16.6. The molecule has 0 amide bonds. The number of unbranched alkanes of at least 4 members (excludes halogenated alkanes) is 20. The van der Waals surface area contributed by atoms with Gasteiger partial charge >= 0.3 is 11.9 Å². The summed E-state index contributed by atoms with van der Waals surface area (Å²) in [5.41, 5.74) is 0. The predicted octanol–water partition coefficient (Wildman–Crippen LogP) is 14.7. The third-order valence-electron chi connectivity index (χ3n) is 11.8. The van der Waals surface area contributed by atoms with E-state index in [0.29, 0.717) is 12.8 Å². The monoisotopic (exact) mass is 936 g/mol. The molecule has 0 aliphatic rings. The van der Waals surface area contributed by atoms with E-state index < -0.39 is 18.1 Å². The third-order valence-corrected chi connectivity index (χ3v) is 11.8. The summed E-state index contributed by atoms with van der Waals surface area (Å²) < 4.78 is 17.2. The first-order valence-corrected chi connectivity index (χ1v) is 27.1. The van der Waals surface area contributed by atoms with Crippen LogP contribution in [0.15, 0.2) is 85.1 Å². The molecule has 0 aromatic carbocycles. The van der Waals surface area contributed by atoms with Crippen LogP contribution in [0.25, 0.3) is 0 Å². The van der Waals surface area contributed by atoms with Crippen molar-refractivity contribution < 1.29 is 38.2 Å². The average molecular weight is 936 g/mol. The van der Waals surface area contributed by atoms with Gasteiger partial charge < -0.3 is 28.6 Å². The fourth-order valence-electron chi connectivity index (χ4n) is 7.60. The van der Waals surface area contributed by atoms with Crippen LogP contribution in [-0.2, 0) is 28.6 Å². The topological polar surface area (TPSA) is 102 Å². The van der Waals surface area contributed by atoms with Crippen LogP contribution in [0.2, 0.25) is 0 Å². The number of rotatable bonds is 48. The van der Waals surface area contributed by atoms with Crippen LogP contribution >= 0.6 is 0 Å². The molecule has 2 unspecified atom stereocenters. The largest absolute Gasteiger partial charge is 0.544 e. The molecule has 0 bridgehead atoms. The molecule has 0 radical (unpaired) electrons. The lowest BCUT2D eigenvalue weighted by Gasteiger charge is -2.34. The number of esters is 2. The Hall–Kier alpha value is -3.49. The number of carbonyl (C=O) groups is 3. The van der Waals surface area contributed by atoms with Gasteiger partial charge in [0.05, 0.1) is 40.3 Å². The molecule has 0 aromatic rings. The van der Waals surface area contributed by atoms with Crippen LogP contribution < -0.4 is 5.11 Å². The highest BCUT2D eigenvalue weighted by Gasteiger charge is 2.25. The van der Waals surface area contributed by atoms with E-state index in [4.69, 9.17) is 14.2 Å². The zero-order chi connectivity index (χ0) is 49.2. The molecule has 0 fully saturated rings. The molecule has 384 valence electrons. The van der Waals surface area contributed by atoms with Crippen LogP contribution in [0.3, 0.4) is 0 Å². The summed E-state index contributed by atoms with van der Waals surface area (Å²) in [5, 5.41) is 11.7. The van der Waals surface area contributed by atoms with Gasteiger partial charge in [0.15, 0.2) is 6.10 Å². The minimum absolute atomic E-state index is 0.0216. The zero-order valence-corrected chi connectivity index (χ0v) is 43.8. The van der Waals surface area contributed by atoms with Crippen molar-refractivity contribution in [3.05, 3.63) is 85.1 Å². The van der Waals surface area contributed by atoms with E-state index in [0.717, 1.165) is 77.0 Å². The van der Waals surface area contributed by atoms with Gasteiger partial charge in [0.1, 0.15) is 12.6 Å². The first-order valence-electron chi connectivity index (χ1n) is 27.1. The van der Waals surface area contributed by atoms with E-state index in [1.807, 2.05) is 0 Å². The second-order valence-corrected chi connectivity index (χ2v) is 19.1. The molecule has 0 heterocycles. The minimum atomic E-state index is -1.13. The Bertz CT molecular complexity index is 1370. The molecule has 0 N–H and O–H groups in total. The lowest BCUT2D eigenvalue weighted by molar-refractivity contribution is -0.889. The van der Waals surface area contributed by atoms with Gasteiger partial charge in [-0.15, -0.1) is 0 Å². The molecule has 8 nitrogen and oxygen atoms in total. The molecule has 0 saturated heterocycles. The molecular formula is C59H101NO7. The number of allylic oxidation sites excluding steroid dienone is 14. The summed E-state index contributed by atoms with van der Waals surface area (Å²) in [7, 11) is 5.40. The van der Waals surface area contributed by atoms with E-state index in [2.05, 4.69) is 98.9 Å². The highest BCUT2D eigenvalue weighted by Crippen LogP contribution is 2.14. The Morgan fingerprint density at radius 2 is 0.836 bits per heavy atom. The molecule has 8 heteroatoms. The second-order valence-electron chi connectivity index (χ2n) is 19.1. The molecular weight excluding hydrogens is 835 g/mol. The van der Waals surface area contributed by atoms with Crippen molar-refractivity contribution in [3.63, 3.8) is 0 Å². The standard InChI is InChI=1S/C59H101NO7/c1-6-8-10-12-14-16-18-20-22-24-26-28-30-32-34-36-38-40-42-44-46-48-50-58(62)67-55(53-65-52-51-56(59(63)64)60(3,4)5)54-66-57(61)49-47-45-43-41-39-37-35-33-31-29-27-25-23-21-19-17-15-13-11-9-7-2/h8,10,14,16,20,22,26,28-29,31-32,34,38,40,55-56H,6-7,9,11-13,15,17-19,21,23-25,27,30,33,35-37,39,41-54H2,1-5H3/b10-8+,16-14+,22-20+,28-26+,31-29+,34-32+,40-38+. The number of quaternary nitrogens is 1. The van der Waals surface area contributed by atoms with E-state index in [1.54, 1.807) is 21.1 Å². The molecule has 0 aromatic heterocycles. The lowest BCUT2D eigenvalue weighted by Crippen LogP contribution is -2.55. The van der Waals surface area contributed by atoms with E-state index in [-0.39, 0.29) is 49.1 Å². The maximum atomic E-state index is 12.8. The Balaban J connectivity index is 4.31. The second kappa shape index (κ2) is 48.9. The average Bonchev–Trinajstić information content (AvgIpc) is 3.29. The summed E-state index contributed by atoms with van der Waals surface area (Å²) in [5.74, 6) is -1.79. The molecule has 0 saturated carbocycles. The van der Waals surface area contributed by atoms with Gasteiger partial charge in [0, 0.05) is 19.3 Å². The Morgan fingerprint density at radius 3 is 1.27 bits per heavy atom. The van der Waals surface area contributed by atoms with Gasteiger partial charge in [-0.1, -0.05) is 195 Å². The number of hydrogen-bond acceptors (Lipinski definition) is 7. The first-order chi connectivity index (χ1) is 32.6. The van der Waals surface area contributed by atoms with Crippen LogP contribution in [-0.4, -0.2) is 75.5 Å². The minimum Gasteiger partial charge on any atom is -0.544 e. The van der Waals surface area contributed by atoms with Gasteiger partial charge in [0.25, 0.3) is 0 Å². The lowest BCUT2D eigenvalue weighted by atomic mass is 10.1. The summed E-state index contributed by atoms with van der Waals surface area (Å²) in [4.78, 5) is 37.1. The third kappa shape index (κ3) is 47.4. The van der Waals surface area contributed by atoms with Gasteiger partial charge in [-0.3, -0.25) is 9.59 Å². The summed E-state index contributed by atoms with van der Waals surface area (Å²) in [6.07, 6.45) is 64.8. The van der Waals surface area contributed by atoms with Crippen molar-refractivity contribution >= 4 is 17.9 Å². The van der Waals surface area contributed by atoms with Crippen LogP contribution in [0.5, 0.6) is 0 Å². The molecule has 2 atom stereocenters.